The van der Waals surface area contributed by atoms with Gasteiger partial charge in [-0.25, -0.2) is 9.18 Å². The minimum absolute atomic E-state index is 0.0196. The van der Waals surface area contributed by atoms with Gasteiger partial charge in [0.15, 0.2) is 0 Å². The van der Waals surface area contributed by atoms with Crippen molar-refractivity contribution in [2.24, 2.45) is 0 Å². The first kappa shape index (κ1) is 12.6. The van der Waals surface area contributed by atoms with Crippen LogP contribution in [0, 0.1) is 5.82 Å². The van der Waals surface area contributed by atoms with E-state index in [1.807, 2.05) is 13.8 Å². The van der Waals surface area contributed by atoms with Crippen LogP contribution in [0.1, 0.15) is 26.3 Å². The van der Waals surface area contributed by atoms with Gasteiger partial charge < -0.3 is 5.11 Å². The third-order valence-electron chi connectivity index (χ3n) is 2.43. The fraction of sp³-hybridized carbons (Fsp3) is 0.417. The van der Waals surface area contributed by atoms with E-state index in [2.05, 4.69) is 5.32 Å². The zero-order valence-electron chi connectivity index (χ0n) is 9.62. The molecule has 0 amide bonds. The third-order valence-corrected chi connectivity index (χ3v) is 2.43. The van der Waals surface area contributed by atoms with Crippen molar-refractivity contribution in [1.29, 1.82) is 0 Å². The third kappa shape index (κ3) is 2.58. The van der Waals surface area contributed by atoms with Crippen LogP contribution in [-0.4, -0.2) is 17.1 Å². The van der Waals surface area contributed by atoms with Gasteiger partial charge in [0.25, 0.3) is 0 Å². The highest BCUT2D eigenvalue weighted by molar-refractivity contribution is 5.80. The lowest BCUT2D eigenvalue weighted by molar-refractivity contribution is -0.144. The Balaban J connectivity index is 3.11. The lowest BCUT2D eigenvalue weighted by Crippen LogP contribution is -2.49. The molecule has 0 spiro atoms. The van der Waals surface area contributed by atoms with Gasteiger partial charge in [-0.1, -0.05) is 12.1 Å². The largest absolute Gasteiger partial charge is 0.480 e. The van der Waals surface area contributed by atoms with E-state index in [9.17, 15) is 14.3 Å². The Morgan fingerprint density at radius 3 is 2.25 bits per heavy atom. The maximum Gasteiger partial charge on any atom is 0.328 e. The van der Waals surface area contributed by atoms with Gasteiger partial charge in [0.1, 0.15) is 11.4 Å². The normalized spacial score (nSPS) is 14.8. The van der Waals surface area contributed by atoms with Crippen LogP contribution in [0.15, 0.2) is 24.3 Å². The van der Waals surface area contributed by atoms with E-state index in [0.717, 1.165) is 0 Å². The number of hydrogen-bond donors (Lipinski definition) is 2. The molecule has 1 atom stereocenters. The second kappa shape index (κ2) is 4.61. The van der Waals surface area contributed by atoms with E-state index in [4.69, 9.17) is 0 Å². The molecule has 0 radical (unpaired) electrons. The number of nitrogens with one attached hydrogen (secondary N) is 1. The number of halogens is 1. The molecular weight excluding hydrogens is 209 g/mol. The van der Waals surface area contributed by atoms with Gasteiger partial charge in [-0.15, -0.1) is 0 Å². The molecule has 0 heterocycles. The van der Waals surface area contributed by atoms with Crippen molar-refractivity contribution in [3.63, 3.8) is 0 Å². The monoisotopic (exact) mass is 225 g/mol. The number of carbonyl (C=O) groups is 1. The molecule has 16 heavy (non-hydrogen) atoms. The average molecular weight is 225 g/mol. The zero-order valence-corrected chi connectivity index (χ0v) is 9.62. The van der Waals surface area contributed by atoms with Crippen LogP contribution < -0.4 is 5.32 Å². The predicted molar refractivity (Wildman–Crippen MR) is 59.7 cm³/mol. The molecule has 0 aliphatic carbocycles. The standard InChI is InChI=1S/C12H16FNO2/c1-8(2)14-12(3,11(15)16)9-4-6-10(13)7-5-9/h4-8,14H,1-3H3,(H,15,16). The van der Waals surface area contributed by atoms with Crippen molar-refractivity contribution in [1.82, 2.24) is 5.32 Å². The van der Waals surface area contributed by atoms with Crippen molar-refractivity contribution < 1.29 is 14.3 Å². The fourth-order valence-electron chi connectivity index (χ4n) is 1.63. The summed E-state index contributed by atoms with van der Waals surface area (Å²) < 4.78 is 12.8. The molecule has 0 saturated carbocycles. The highest BCUT2D eigenvalue weighted by atomic mass is 19.1. The molecule has 0 aromatic heterocycles. The molecule has 0 fully saturated rings. The first-order valence-electron chi connectivity index (χ1n) is 5.13. The quantitative estimate of drug-likeness (QED) is 0.825. The summed E-state index contributed by atoms with van der Waals surface area (Å²) in [5.41, 5.74) is -0.655. The van der Waals surface area contributed by atoms with E-state index in [0.29, 0.717) is 5.56 Å². The Labute approximate surface area is 94.3 Å². The predicted octanol–water partition coefficient (Wildman–Crippen LogP) is 2.12. The fourth-order valence-corrected chi connectivity index (χ4v) is 1.63. The molecule has 88 valence electrons. The van der Waals surface area contributed by atoms with Crippen molar-refractivity contribution in [2.75, 3.05) is 0 Å². The van der Waals surface area contributed by atoms with E-state index in [-0.39, 0.29) is 11.9 Å². The number of carboxylic acid groups (broad SMARTS) is 1. The van der Waals surface area contributed by atoms with Gasteiger partial charge in [-0.05, 0) is 38.5 Å². The SMILES string of the molecule is CC(C)NC(C)(C(=O)O)c1ccc(F)cc1. The smallest absolute Gasteiger partial charge is 0.328 e. The number of carboxylic acids is 1. The van der Waals surface area contributed by atoms with Gasteiger partial charge in [-0.2, -0.15) is 0 Å². The van der Waals surface area contributed by atoms with Crippen LogP contribution in [0.5, 0.6) is 0 Å². The van der Waals surface area contributed by atoms with Crippen LogP contribution in [0.2, 0.25) is 0 Å². The Morgan fingerprint density at radius 2 is 1.88 bits per heavy atom. The van der Waals surface area contributed by atoms with Gasteiger partial charge in [-0.3, -0.25) is 5.32 Å². The molecule has 2 N–H and O–H groups in total. The van der Waals surface area contributed by atoms with Crippen molar-refractivity contribution in [3.8, 4) is 0 Å². The second-order valence-electron chi connectivity index (χ2n) is 4.24. The molecule has 0 aliphatic heterocycles. The molecule has 0 bridgehead atoms. The Bertz CT molecular complexity index is 375. The van der Waals surface area contributed by atoms with Gasteiger partial charge >= 0.3 is 5.97 Å². The first-order valence-corrected chi connectivity index (χ1v) is 5.13. The number of benzene rings is 1. The number of aliphatic carboxylic acids is 1. The summed E-state index contributed by atoms with van der Waals surface area (Å²) in [6.45, 7) is 5.30. The lowest BCUT2D eigenvalue weighted by atomic mass is 9.91. The molecule has 1 rings (SSSR count). The Morgan fingerprint density at radius 1 is 1.38 bits per heavy atom. The van der Waals surface area contributed by atoms with Crippen LogP contribution in [0.4, 0.5) is 4.39 Å². The van der Waals surface area contributed by atoms with Crippen molar-refractivity contribution in [3.05, 3.63) is 35.6 Å². The average Bonchev–Trinajstić information content (AvgIpc) is 2.17. The van der Waals surface area contributed by atoms with Gasteiger partial charge in [0.2, 0.25) is 0 Å². The topological polar surface area (TPSA) is 49.3 Å². The molecule has 0 aliphatic rings. The van der Waals surface area contributed by atoms with Crippen LogP contribution in [0.3, 0.4) is 0 Å². The number of hydrogen-bond acceptors (Lipinski definition) is 2. The van der Waals surface area contributed by atoms with Crippen molar-refractivity contribution in [2.45, 2.75) is 32.4 Å². The first-order chi connectivity index (χ1) is 7.36. The maximum absolute atomic E-state index is 12.8. The van der Waals surface area contributed by atoms with Crippen LogP contribution in [0.25, 0.3) is 0 Å². The van der Waals surface area contributed by atoms with E-state index in [1.54, 1.807) is 6.92 Å². The lowest BCUT2D eigenvalue weighted by Gasteiger charge is -2.29. The van der Waals surface area contributed by atoms with Crippen LogP contribution in [-0.2, 0) is 10.3 Å². The van der Waals surface area contributed by atoms with Gasteiger partial charge in [0.05, 0.1) is 0 Å². The molecule has 1 unspecified atom stereocenters. The van der Waals surface area contributed by atoms with E-state index >= 15 is 0 Å². The zero-order chi connectivity index (χ0) is 12.3. The Kier molecular flexibility index (Phi) is 3.65. The van der Waals surface area contributed by atoms with Gasteiger partial charge in [0, 0.05) is 6.04 Å². The molecule has 3 nitrogen and oxygen atoms in total. The second-order valence-corrected chi connectivity index (χ2v) is 4.24. The van der Waals surface area contributed by atoms with E-state index in [1.165, 1.54) is 24.3 Å². The molecule has 0 saturated heterocycles. The van der Waals surface area contributed by atoms with E-state index < -0.39 is 11.5 Å². The summed E-state index contributed by atoms with van der Waals surface area (Å²) in [7, 11) is 0. The molecule has 1 aromatic carbocycles. The summed E-state index contributed by atoms with van der Waals surface area (Å²) in [5.74, 6) is -1.35. The molecule has 4 heteroatoms. The minimum Gasteiger partial charge on any atom is -0.480 e. The minimum atomic E-state index is -1.19. The molecule has 1 aromatic rings. The Hall–Kier alpha value is -1.42. The maximum atomic E-state index is 12.8. The highest BCUT2D eigenvalue weighted by Crippen LogP contribution is 2.22. The highest BCUT2D eigenvalue weighted by Gasteiger charge is 2.35. The summed E-state index contributed by atoms with van der Waals surface area (Å²) in [4.78, 5) is 11.3. The summed E-state index contributed by atoms with van der Waals surface area (Å²) >= 11 is 0. The summed E-state index contributed by atoms with van der Waals surface area (Å²) in [5, 5.41) is 12.2. The summed E-state index contributed by atoms with van der Waals surface area (Å²) in [6.07, 6.45) is 0. The molecular formula is C12H16FNO2. The van der Waals surface area contributed by atoms with Crippen molar-refractivity contribution >= 4 is 5.97 Å². The summed E-state index contributed by atoms with van der Waals surface area (Å²) in [6, 6.07) is 5.51. The number of rotatable bonds is 4. The van der Waals surface area contributed by atoms with Crippen LogP contribution >= 0.6 is 0 Å².